The molecule has 1 heterocycles. The number of imidazole rings is 1. The lowest BCUT2D eigenvalue weighted by atomic mass is 9.65. The normalized spacial score (nSPS) is 11.4. The van der Waals surface area contributed by atoms with Gasteiger partial charge in [0.2, 0.25) is 7.28 Å². The van der Waals surface area contributed by atoms with Crippen molar-refractivity contribution in [2.45, 2.75) is 0 Å². The summed E-state index contributed by atoms with van der Waals surface area (Å²) in [6, 6.07) is 24.6. The molecule has 4 rings (SSSR count). The molecule has 0 N–H and O–H groups in total. The number of halogens is 2. The van der Waals surface area contributed by atoms with Crippen molar-refractivity contribution in [2.24, 2.45) is 0 Å². The molecule has 28 heavy (non-hydrogen) atoms. The van der Waals surface area contributed by atoms with E-state index in [1.54, 1.807) is 12.3 Å². The third-order valence-electron chi connectivity index (χ3n) is 4.35. The van der Waals surface area contributed by atoms with Crippen molar-refractivity contribution in [3.63, 3.8) is 0 Å². The highest BCUT2D eigenvalue weighted by molar-refractivity contribution is 6.73. The predicted molar refractivity (Wildman–Crippen MR) is 115 cm³/mol. The summed E-state index contributed by atoms with van der Waals surface area (Å²) in [6.45, 7) is 0. The molecule has 0 saturated carbocycles. The van der Waals surface area contributed by atoms with Crippen LogP contribution >= 0.6 is 11.6 Å². The maximum atomic E-state index is 13.4. The third-order valence-corrected chi connectivity index (χ3v) is 4.65. The lowest BCUT2D eigenvalue weighted by molar-refractivity contribution is 0.627. The molecule has 0 fully saturated rings. The summed E-state index contributed by atoms with van der Waals surface area (Å²) in [4.78, 5) is 4.48. The summed E-state index contributed by atoms with van der Waals surface area (Å²) in [6.07, 6.45) is 5.63. The molecule has 0 spiro atoms. The van der Waals surface area contributed by atoms with Gasteiger partial charge < -0.3 is 4.57 Å². The van der Waals surface area contributed by atoms with Crippen LogP contribution in [0.4, 0.5) is 4.39 Å². The summed E-state index contributed by atoms with van der Waals surface area (Å²) < 4.78 is 15.3. The second kappa shape index (κ2) is 8.28. The molecule has 3 aromatic carbocycles. The number of hydrogen-bond donors (Lipinski definition) is 0. The van der Waals surface area contributed by atoms with Gasteiger partial charge in [0.15, 0.2) is 0 Å². The summed E-state index contributed by atoms with van der Waals surface area (Å²) in [7, 11) is 2.00. The summed E-state index contributed by atoms with van der Waals surface area (Å²) >= 11 is 6.26. The standard InChI is InChI=1S/C23H16BClFN2/c25-21-16-19(26)11-12-22(21)28-14-13-27-23(28)24-20(18-9-5-2-6-10-18)15-17-7-3-1-4-8-17/h1-16H. The number of aromatic nitrogens is 2. The van der Waals surface area contributed by atoms with Gasteiger partial charge in [-0.25, -0.2) is 4.39 Å². The molecule has 0 aliphatic heterocycles. The molecule has 135 valence electrons. The summed E-state index contributed by atoms with van der Waals surface area (Å²) in [5, 5.41) is 0.334. The van der Waals surface area contributed by atoms with Crippen LogP contribution in [-0.2, 0) is 0 Å². The van der Waals surface area contributed by atoms with Crippen LogP contribution in [0.25, 0.3) is 17.2 Å². The molecule has 1 radical (unpaired) electrons. The van der Waals surface area contributed by atoms with E-state index in [0.717, 1.165) is 16.6 Å². The van der Waals surface area contributed by atoms with E-state index in [9.17, 15) is 4.39 Å². The largest absolute Gasteiger partial charge is 0.310 e. The molecule has 0 aliphatic carbocycles. The fourth-order valence-corrected chi connectivity index (χ4v) is 3.27. The number of rotatable bonds is 5. The van der Waals surface area contributed by atoms with Crippen LogP contribution in [0.1, 0.15) is 11.1 Å². The average molecular weight is 386 g/mol. The minimum atomic E-state index is -0.367. The maximum absolute atomic E-state index is 13.4. The zero-order chi connectivity index (χ0) is 19.3. The van der Waals surface area contributed by atoms with E-state index >= 15 is 0 Å². The monoisotopic (exact) mass is 385 g/mol. The summed E-state index contributed by atoms with van der Waals surface area (Å²) in [5.74, 6) is -0.367. The van der Waals surface area contributed by atoms with Crippen LogP contribution in [-0.4, -0.2) is 16.8 Å². The van der Waals surface area contributed by atoms with Gasteiger partial charge in [-0.15, -0.1) is 0 Å². The third kappa shape index (κ3) is 4.08. The van der Waals surface area contributed by atoms with E-state index in [1.807, 2.05) is 54.4 Å². The highest BCUT2D eigenvalue weighted by Crippen LogP contribution is 2.22. The highest BCUT2D eigenvalue weighted by atomic mass is 35.5. The molecule has 0 unspecified atom stereocenters. The van der Waals surface area contributed by atoms with Crippen molar-refractivity contribution >= 4 is 36.2 Å². The molecule has 0 saturated heterocycles. The molecule has 0 bridgehead atoms. The first-order valence-corrected chi connectivity index (χ1v) is 9.24. The second-order valence-electron chi connectivity index (χ2n) is 6.27. The molecule has 0 amide bonds. The molecular weight excluding hydrogens is 370 g/mol. The van der Waals surface area contributed by atoms with E-state index in [2.05, 4.69) is 35.3 Å². The van der Waals surface area contributed by atoms with Crippen LogP contribution in [0.15, 0.2) is 91.3 Å². The quantitative estimate of drug-likeness (QED) is 0.341. The Morgan fingerprint density at radius 3 is 2.39 bits per heavy atom. The van der Waals surface area contributed by atoms with Gasteiger partial charge in [-0.3, -0.25) is 4.98 Å². The Morgan fingerprint density at radius 1 is 0.964 bits per heavy atom. The molecule has 2 nitrogen and oxygen atoms in total. The van der Waals surface area contributed by atoms with Crippen molar-refractivity contribution in [1.82, 2.24) is 9.55 Å². The Balaban J connectivity index is 1.75. The molecule has 4 aromatic rings. The SMILES string of the molecule is Fc1ccc(-n2ccnc2[B]C(=Cc2ccccc2)c2ccccc2)c(Cl)c1. The zero-order valence-electron chi connectivity index (χ0n) is 15.0. The van der Waals surface area contributed by atoms with Crippen molar-refractivity contribution in [1.29, 1.82) is 0 Å². The van der Waals surface area contributed by atoms with E-state index in [0.29, 0.717) is 16.4 Å². The summed E-state index contributed by atoms with van der Waals surface area (Å²) in [5.41, 5.74) is 4.57. The Hall–Kier alpha value is -3.11. The fourth-order valence-electron chi connectivity index (χ4n) is 3.01. The van der Waals surface area contributed by atoms with Gasteiger partial charge in [-0.05, 0) is 29.3 Å². The number of benzene rings is 3. The van der Waals surface area contributed by atoms with Gasteiger partial charge in [0.1, 0.15) is 5.82 Å². The molecule has 0 aliphatic rings. The number of hydrogen-bond acceptors (Lipinski definition) is 1. The molecule has 1 aromatic heterocycles. The van der Waals surface area contributed by atoms with Crippen molar-refractivity contribution in [3.8, 4) is 5.69 Å². The van der Waals surface area contributed by atoms with E-state index in [-0.39, 0.29) is 5.82 Å². The minimum absolute atomic E-state index is 0.334. The zero-order valence-corrected chi connectivity index (χ0v) is 15.7. The van der Waals surface area contributed by atoms with E-state index in [1.165, 1.54) is 12.1 Å². The Labute approximate surface area is 169 Å². The van der Waals surface area contributed by atoms with Crippen molar-refractivity contribution in [3.05, 3.63) is 113 Å². The molecule has 5 heteroatoms. The lowest BCUT2D eigenvalue weighted by Crippen LogP contribution is -2.26. The first-order chi connectivity index (χ1) is 13.7. The Bertz CT molecular complexity index is 1110. The Morgan fingerprint density at radius 2 is 1.68 bits per heavy atom. The van der Waals surface area contributed by atoms with Gasteiger partial charge in [0, 0.05) is 12.4 Å². The predicted octanol–water partition coefficient (Wildman–Crippen LogP) is 5.19. The van der Waals surface area contributed by atoms with Gasteiger partial charge in [0.25, 0.3) is 0 Å². The van der Waals surface area contributed by atoms with E-state index in [4.69, 9.17) is 11.6 Å². The molecular formula is C23H16BClFN2. The maximum Gasteiger partial charge on any atom is 0.241 e. The second-order valence-corrected chi connectivity index (χ2v) is 6.68. The van der Waals surface area contributed by atoms with Crippen LogP contribution in [0.3, 0.4) is 0 Å². The van der Waals surface area contributed by atoms with Crippen molar-refractivity contribution < 1.29 is 4.39 Å². The topological polar surface area (TPSA) is 17.8 Å². The fraction of sp³-hybridized carbons (Fsp3) is 0. The van der Waals surface area contributed by atoms with E-state index < -0.39 is 0 Å². The van der Waals surface area contributed by atoms with Crippen LogP contribution < -0.4 is 5.72 Å². The Kier molecular flexibility index (Phi) is 5.40. The van der Waals surface area contributed by atoms with Crippen molar-refractivity contribution in [2.75, 3.05) is 0 Å². The lowest BCUT2D eigenvalue weighted by Gasteiger charge is -2.12. The smallest absolute Gasteiger partial charge is 0.241 e. The van der Waals surface area contributed by atoms with Gasteiger partial charge >= 0.3 is 0 Å². The van der Waals surface area contributed by atoms with Crippen LogP contribution in [0, 0.1) is 5.82 Å². The highest BCUT2D eigenvalue weighted by Gasteiger charge is 2.14. The van der Waals surface area contributed by atoms with Gasteiger partial charge in [0.05, 0.1) is 16.4 Å². The minimum Gasteiger partial charge on any atom is -0.310 e. The number of nitrogens with zero attached hydrogens (tertiary/aromatic N) is 2. The van der Waals surface area contributed by atoms with Gasteiger partial charge in [-0.1, -0.05) is 83.8 Å². The first kappa shape index (κ1) is 18.3. The average Bonchev–Trinajstić information content (AvgIpc) is 3.17. The van der Waals surface area contributed by atoms with Gasteiger partial charge in [-0.2, -0.15) is 0 Å². The van der Waals surface area contributed by atoms with Crippen LogP contribution in [0.2, 0.25) is 5.02 Å². The molecule has 0 atom stereocenters. The van der Waals surface area contributed by atoms with Crippen LogP contribution in [0.5, 0.6) is 0 Å². The first-order valence-electron chi connectivity index (χ1n) is 8.86.